The van der Waals surface area contributed by atoms with Crippen molar-refractivity contribution in [2.75, 3.05) is 13.2 Å². The van der Waals surface area contributed by atoms with Gasteiger partial charge < -0.3 is 0 Å². The fourth-order valence-corrected chi connectivity index (χ4v) is 2.26. The maximum Gasteiger partial charge on any atom is 0.344 e. The Kier molecular flexibility index (Phi) is 9.92. The maximum absolute atomic E-state index is 10.9. The van der Waals surface area contributed by atoms with Crippen LogP contribution in [0.2, 0.25) is 0 Å². The summed E-state index contributed by atoms with van der Waals surface area (Å²) in [7, 11) is 0. The molecule has 0 aromatic rings. The van der Waals surface area contributed by atoms with Gasteiger partial charge in [-0.25, -0.2) is 10.3 Å². The monoisotopic (exact) mass is 283 g/mol. The summed E-state index contributed by atoms with van der Waals surface area (Å²) in [6, 6.07) is -0.335. The molecule has 116 valence electrons. The number of rotatable bonds is 11. The second-order valence-electron chi connectivity index (χ2n) is 5.36. The van der Waals surface area contributed by atoms with Gasteiger partial charge in [-0.1, -0.05) is 64.7 Å². The van der Waals surface area contributed by atoms with Crippen LogP contribution in [0.4, 0.5) is 4.79 Å². The Balaban J connectivity index is 1.85. The topological polar surface area (TPSA) is 62.7 Å². The third-order valence-electron chi connectivity index (χ3n) is 3.45. The lowest BCUT2D eigenvalue weighted by molar-refractivity contribution is 0.0786. The van der Waals surface area contributed by atoms with Gasteiger partial charge in [0, 0.05) is 6.54 Å². The molecule has 0 aromatic heterocycles. The molecule has 1 fully saturated rings. The summed E-state index contributed by atoms with van der Waals surface area (Å²) in [4.78, 5) is 20.1. The molecule has 0 aliphatic carbocycles. The van der Waals surface area contributed by atoms with Crippen LogP contribution in [0.3, 0.4) is 0 Å². The van der Waals surface area contributed by atoms with Gasteiger partial charge in [0.2, 0.25) is 0 Å². The van der Waals surface area contributed by atoms with E-state index in [-0.39, 0.29) is 6.03 Å². The van der Waals surface area contributed by atoms with Crippen LogP contribution in [0.1, 0.15) is 71.1 Å². The summed E-state index contributed by atoms with van der Waals surface area (Å²) in [6.45, 7) is 3.36. The van der Waals surface area contributed by atoms with Crippen molar-refractivity contribution in [3.05, 3.63) is 0 Å². The highest BCUT2D eigenvalue weighted by Crippen LogP contribution is 2.10. The number of hydrogen-bond acceptors (Lipinski definition) is 3. The van der Waals surface area contributed by atoms with E-state index in [2.05, 4.69) is 22.7 Å². The zero-order chi connectivity index (χ0) is 14.5. The van der Waals surface area contributed by atoms with E-state index in [0.717, 1.165) is 13.0 Å². The lowest BCUT2D eigenvalue weighted by atomic mass is 10.1. The lowest BCUT2D eigenvalue weighted by Gasteiger charge is -2.15. The van der Waals surface area contributed by atoms with Crippen LogP contribution in [-0.2, 0) is 4.84 Å². The van der Waals surface area contributed by atoms with E-state index in [4.69, 9.17) is 4.84 Å². The Morgan fingerprint density at radius 1 is 1.00 bits per heavy atom. The SMILES string of the molecule is CCCCCCCCCCCCN=C1CONC(=O)N1. The summed E-state index contributed by atoms with van der Waals surface area (Å²) in [5, 5.41) is 2.63. The van der Waals surface area contributed by atoms with Gasteiger partial charge in [0.25, 0.3) is 0 Å². The quantitative estimate of drug-likeness (QED) is 0.570. The molecule has 0 radical (unpaired) electrons. The lowest BCUT2D eigenvalue weighted by Crippen LogP contribution is -2.48. The number of hydrogen-bond donors (Lipinski definition) is 2. The molecular weight excluding hydrogens is 254 g/mol. The van der Waals surface area contributed by atoms with E-state index >= 15 is 0 Å². The fraction of sp³-hybridized carbons (Fsp3) is 0.867. The van der Waals surface area contributed by atoms with Crippen molar-refractivity contribution in [3.63, 3.8) is 0 Å². The van der Waals surface area contributed by atoms with Gasteiger partial charge in [-0.05, 0) is 6.42 Å². The van der Waals surface area contributed by atoms with Gasteiger partial charge in [-0.2, -0.15) is 0 Å². The number of carbonyl (C=O) groups excluding carboxylic acids is 1. The van der Waals surface area contributed by atoms with Crippen LogP contribution in [0.25, 0.3) is 0 Å². The minimum Gasteiger partial charge on any atom is -0.292 e. The Morgan fingerprint density at radius 3 is 2.20 bits per heavy atom. The van der Waals surface area contributed by atoms with Crippen molar-refractivity contribution < 1.29 is 9.63 Å². The van der Waals surface area contributed by atoms with Crippen LogP contribution >= 0.6 is 0 Å². The zero-order valence-corrected chi connectivity index (χ0v) is 12.7. The number of urea groups is 1. The number of amides is 2. The van der Waals surface area contributed by atoms with Crippen molar-refractivity contribution in [3.8, 4) is 0 Å². The average Bonchev–Trinajstić information content (AvgIpc) is 2.45. The summed E-state index contributed by atoms with van der Waals surface area (Å²) in [6.07, 6.45) is 13.2. The summed E-state index contributed by atoms with van der Waals surface area (Å²) in [5.74, 6) is 0.629. The van der Waals surface area contributed by atoms with E-state index in [0.29, 0.717) is 12.4 Å². The Hall–Kier alpha value is -1.10. The third kappa shape index (κ3) is 8.91. The number of unbranched alkanes of at least 4 members (excludes halogenated alkanes) is 9. The molecule has 1 rings (SSSR count). The van der Waals surface area contributed by atoms with Crippen molar-refractivity contribution in [1.82, 2.24) is 10.8 Å². The highest BCUT2D eigenvalue weighted by molar-refractivity contribution is 5.99. The predicted molar refractivity (Wildman–Crippen MR) is 81.8 cm³/mol. The van der Waals surface area contributed by atoms with Crippen LogP contribution in [-0.4, -0.2) is 25.0 Å². The molecular formula is C15H29N3O2. The molecule has 0 aromatic carbocycles. The predicted octanol–water partition coefficient (Wildman–Crippen LogP) is 3.55. The zero-order valence-electron chi connectivity index (χ0n) is 12.7. The van der Waals surface area contributed by atoms with Crippen molar-refractivity contribution >= 4 is 11.9 Å². The first-order chi connectivity index (χ1) is 9.83. The van der Waals surface area contributed by atoms with E-state index in [1.807, 2.05) is 0 Å². The summed E-state index contributed by atoms with van der Waals surface area (Å²) >= 11 is 0. The minimum atomic E-state index is -0.335. The summed E-state index contributed by atoms with van der Waals surface area (Å²) in [5.41, 5.74) is 2.22. The number of nitrogens with one attached hydrogen (secondary N) is 2. The first-order valence-electron chi connectivity index (χ1n) is 8.05. The second-order valence-corrected chi connectivity index (χ2v) is 5.36. The average molecular weight is 283 g/mol. The molecule has 20 heavy (non-hydrogen) atoms. The molecule has 5 nitrogen and oxygen atoms in total. The largest absolute Gasteiger partial charge is 0.344 e. The van der Waals surface area contributed by atoms with Gasteiger partial charge in [-0.15, -0.1) is 0 Å². The van der Waals surface area contributed by atoms with Gasteiger partial charge in [-0.3, -0.25) is 15.1 Å². The molecule has 0 atom stereocenters. The number of aliphatic imine (C=N–C) groups is 1. The number of amidine groups is 1. The first-order valence-corrected chi connectivity index (χ1v) is 8.05. The van der Waals surface area contributed by atoms with Crippen molar-refractivity contribution in [2.24, 2.45) is 4.99 Å². The van der Waals surface area contributed by atoms with Crippen LogP contribution in [0.15, 0.2) is 4.99 Å². The normalized spacial score (nSPS) is 17.1. The molecule has 2 N–H and O–H groups in total. The Bertz CT molecular complexity index is 293. The number of nitrogens with zero attached hydrogens (tertiary/aromatic N) is 1. The molecule has 0 bridgehead atoms. The van der Waals surface area contributed by atoms with E-state index in [1.165, 1.54) is 57.8 Å². The molecule has 1 heterocycles. The third-order valence-corrected chi connectivity index (χ3v) is 3.45. The minimum absolute atomic E-state index is 0.335. The number of hydroxylamine groups is 1. The second kappa shape index (κ2) is 11.7. The maximum atomic E-state index is 10.9. The molecule has 0 spiro atoms. The molecule has 1 aliphatic heterocycles. The molecule has 1 aliphatic rings. The molecule has 5 heteroatoms. The highest BCUT2D eigenvalue weighted by Gasteiger charge is 2.11. The van der Waals surface area contributed by atoms with E-state index in [1.54, 1.807) is 0 Å². The van der Waals surface area contributed by atoms with Gasteiger partial charge in [0.1, 0.15) is 12.4 Å². The van der Waals surface area contributed by atoms with Crippen LogP contribution in [0, 0.1) is 0 Å². The Labute approximate surface area is 122 Å². The molecule has 1 saturated heterocycles. The van der Waals surface area contributed by atoms with Gasteiger partial charge >= 0.3 is 6.03 Å². The number of carbonyl (C=O) groups is 1. The first kappa shape index (κ1) is 17.0. The van der Waals surface area contributed by atoms with E-state index < -0.39 is 0 Å². The standard InChI is InChI=1S/C15H29N3O2/c1-2-3-4-5-6-7-8-9-10-11-12-16-14-13-20-18-15(19)17-14/h2-13H2,1H3,(H2,16,17,18,19). The van der Waals surface area contributed by atoms with Gasteiger partial charge in [0.05, 0.1) is 0 Å². The molecule has 0 unspecified atom stereocenters. The van der Waals surface area contributed by atoms with Gasteiger partial charge in [0.15, 0.2) is 0 Å². The summed E-state index contributed by atoms with van der Waals surface area (Å²) < 4.78 is 0. The van der Waals surface area contributed by atoms with E-state index in [9.17, 15) is 4.79 Å². The molecule has 0 saturated carbocycles. The molecule has 2 amide bonds. The van der Waals surface area contributed by atoms with Crippen molar-refractivity contribution in [2.45, 2.75) is 71.1 Å². The smallest absolute Gasteiger partial charge is 0.292 e. The fourth-order valence-electron chi connectivity index (χ4n) is 2.26. The highest BCUT2D eigenvalue weighted by atomic mass is 16.7. The Morgan fingerprint density at radius 2 is 1.60 bits per heavy atom. The van der Waals surface area contributed by atoms with Crippen LogP contribution in [0.5, 0.6) is 0 Å². The van der Waals surface area contributed by atoms with Crippen LogP contribution < -0.4 is 10.8 Å². The van der Waals surface area contributed by atoms with Crippen molar-refractivity contribution in [1.29, 1.82) is 0 Å².